The molecule has 0 aliphatic carbocycles. The van der Waals surface area contributed by atoms with Crippen molar-refractivity contribution < 1.29 is 4.79 Å². The van der Waals surface area contributed by atoms with Crippen molar-refractivity contribution >= 4 is 11.6 Å². The molecule has 0 fully saturated rings. The van der Waals surface area contributed by atoms with Crippen LogP contribution in [0.25, 0.3) is 0 Å². The minimum Gasteiger partial charge on any atom is -0.324 e. The van der Waals surface area contributed by atoms with E-state index in [0.717, 1.165) is 16.9 Å². The first kappa shape index (κ1) is 6.27. The third-order valence-electron chi connectivity index (χ3n) is 1.71. The molecule has 1 aromatic heterocycles. The molecule has 0 spiro atoms. The van der Waals surface area contributed by atoms with Gasteiger partial charge in [0.05, 0.1) is 24.0 Å². The van der Waals surface area contributed by atoms with Gasteiger partial charge >= 0.3 is 0 Å². The Labute approximate surface area is 63.6 Å². The van der Waals surface area contributed by atoms with E-state index in [2.05, 4.69) is 15.5 Å². The summed E-state index contributed by atoms with van der Waals surface area (Å²) in [6, 6.07) is 0. The molecular weight excluding hydrogens is 142 g/mol. The van der Waals surface area contributed by atoms with E-state index in [0.29, 0.717) is 6.42 Å². The molecule has 2 rings (SSSR count). The van der Waals surface area contributed by atoms with Crippen molar-refractivity contribution in [3.05, 3.63) is 17.5 Å². The molecule has 0 bridgehead atoms. The highest BCUT2D eigenvalue weighted by atomic mass is 16.1. The lowest BCUT2D eigenvalue weighted by Gasteiger charge is -1.98. The van der Waals surface area contributed by atoms with Crippen molar-refractivity contribution in [2.75, 3.05) is 5.32 Å². The number of hydrogen-bond acceptors (Lipinski definition) is 3. The molecule has 1 aromatic rings. The molecule has 0 aromatic carbocycles. The zero-order chi connectivity index (χ0) is 7.84. The molecule has 2 heterocycles. The fourth-order valence-electron chi connectivity index (χ4n) is 1.16. The first-order valence-electron chi connectivity index (χ1n) is 3.38. The third kappa shape index (κ3) is 0.869. The number of aryl methyl sites for hydroxylation is 1. The number of rotatable bonds is 0. The van der Waals surface area contributed by atoms with Crippen LogP contribution in [0.1, 0.15) is 11.3 Å². The van der Waals surface area contributed by atoms with Crippen LogP contribution in [0.4, 0.5) is 5.69 Å². The van der Waals surface area contributed by atoms with Gasteiger partial charge in [-0.1, -0.05) is 0 Å². The van der Waals surface area contributed by atoms with Crippen LogP contribution in [0.2, 0.25) is 0 Å². The molecule has 4 heteroatoms. The van der Waals surface area contributed by atoms with Crippen molar-refractivity contribution in [3.8, 4) is 0 Å². The van der Waals surface area contributed by atoms with Crippen molar-refractivity contribution in [3.63, 3.8) is 0 Å². The van der Waals surface area contributed by atoms with E-state index < -0.39 is 0 Å². The van der Waals surface area contributed by atoms with Crippen LogP contribution < -0.4 is 5.32 Å². The number of nitrogens with one attached hydrogen (secondary N) is 1. The van der Waals surface area contributed by atoms with E-state index in [9.17, 15) is 4.79 Å². The molecule has 0 atom stereocenters. The van der Waals surface area contributed by atoms with Gasteiger partial charge in [0.2, 0.25) is 5.91 Å². The second kappa shape index (κ2) is 2.02. The predicted molar refractivity (Wildman–Crippen MR) is 39.1 cm³/mol. The number of carbonyl (C=O) groups excluding carboxylic acids is 1. The summed E-state index contributed by atoms with van der Waals surface area (Å²) in [4.78, 5) is 10.9. The Balaban J connectivity index is 2.57. The maximum Gasteiger partial charge on any atom is 0.230 e. The molecule has 0 saturated heterocycles. The van der Waals surface area contributed by atoms with E-state index in [-0.39, 0.29) is 5.91 Å². The Morgan fingerprint density at radius 1 is 1.64 bits per heavy atom. The summed E-state index contributed by atoms with van der Waals surface area (Å²) in [7, 11) is 0. The quantitative estimate of drug-likeness (QED) is 0.576. The molecule has 0 unspecified atom stereocenters. The molecule has 56 valence electrons. The van der Waals surface area contributed by atoms with E-state index >= 15 is 0 Å². The zero-order valence-corrected chi connectivity index (χ0v) is 6.09. The maximum atomic E-state index is 10.9. The fraction of sp³-hybridized carbons (Fsp3) is 0.286. The molecule has 0 radical (unpaired) electrons. The highest BCUT2D eigenvalue weighted by molar-refractivity contribution is 5.99. The van der Waals surface area contributed by atoms with Crippen LogP contribution in [-0.4, -0.2) is 16.1 Å². The summed E-state index contributed by atoms with van der Waals surface area (Å²) >= 11 is 0. The topological polar surface area (TPSA) is 54.9 Å². The van der Waals surface area contributed by atoms with Crippen LogP contribution in [0.5, 0.6) is 0 Å². The average molecular weight is 149 g/mol. The van der Waals surface area contributed by atoms with E-state index in [4.69, 9.17) is 0 Å². The van der Waals surface area contributed by atoms with Crippen LogP contribution in [0, 0.1) is 6.92 Å². The maximum absolute atomic E-state index is 10.9. The van der Waals surface area contributed by atoms with Gasteiger partial charge in [0, 0.05) is 0 Å². The molecule has 1 N–H and O–H groups in total. The summed E-state index contributed by atoms with van der Waals surface area (Å²) < 4.78 is 0. The van der Waals surface area contributed by atoms with Gasteiger partial charge in [-0.2, -0.15) is 10.2 Å². The summed E-state index contributed by atoms with van der Waals surface area (Å²) in [6.07, 6.45) is 2.01. The molecule has 0 saturated carbocycles. The van der Waals surface area contributed by atoms with Gasteiger partial charge in [0.15, 0.2) is 0 Å². The number of carbonyl (C=O) groups is 1. The molecule has 1 aliphatic heterocycles. The highest BCUT2D eigenvalue weighted by Gasteiger charge is 2.20. The minimum absolute atomic E-state index is 0.00333. The Morgan fingerprint density at radius 3 is 3.18 bits per heavy atom. The summed E-state index contributed by atoms with van der Waals surface area (Å²) in [6.45, 7) is 1.90. The number of fused-ring (bicyclic) bond motifs is 1. The van der Waals surface area contributed by atoms with Gasteiger partial charge < -0.3 is 5.32 Å². The van der Waals surface area contributed by atoms with Crippen molar-refractivity contribution in [1.29, 1.82) is 0 Å². The van der Waals surface area contributed by atoms with Crippen molar-refractivity contribution in [2.45, 2.75) is 13.3 Å². The lowest BCUT2D eigenvalue weighted by Crippen LogP contribution is -2.04. The van der Waals surface area contributed by atoms with Gasteiger partial charge in [0.25, 0.3) is 0 Å². The standard InChI is InChI=1S/C7H7N3O/c1-4-3-8-10-5-2-6(11)9-7(4)5/h3H,2H2,1H3,(H,9,11). The van der Waals surface area contributed by atoms with E-state index in [1.807, 2.05) is 6.92 Å². The van der Waals surface area contributed by atoms with Gasteiger partial charge in [-0.25, -0.2) is 0 Å². The Hall–Kier alpha value is -1.45. The zero-order valence-electron chi connectivity index (χ0n) is 6.09. The normalized spacial score (nSPS) is 14.5. The average Bonchev–Trinajstić information content (AvgIpc) is 2.31. The predicted octanol–water partition coefficient (Wildman–Crippen LogP) is 0.280. The second-order valence-corrected chi connectivity index (χ2v) is 2.57. The number of nitrogens with zero attached hydrogens (tertiary/aromatic N) is 2. The molecular formula is C7H7N3O. The SMILES string of the molecule is Cc1cnnc2c1NC(=O)C2. The summed E-state index contributed by atoms with van der Waals surface area (Å²) in [5, 5.41) is 10.3. The number of hydrogen-bond donors (Lipinski definition) is 1. The first-order valence-corrected chi connectivity index (χ1v) is 3.38. The first-order chi connectivity index (χ1) is 5.27. The van der Waals surface area contributed by atoms with Gasteiger partial charge in [0.1, 0.15) is 0 Å². The summed E-state index contributed by atoms with van der Waals surface area (Å²) in [5.41, 5.74) is 2.57. The van der Waals surface area contributed by atoms with Gasteiger partial charge in [-0.3, -0.25) is 4.79 Å². The van der Waals surface area contributed by atoms with Gasteiger partial charge in [-0.05, 0) is 12.5 Å². The van der Waals surface area contributed by atoms with Crippen LogP contribution in [0.15, 0.2) is 6.20 Å². The molecule has 4 nitrogen and oxygen atoms in total. The number of amides is 1. The van der Waals surface area contributed by atoms with Crippen LogP contribution >= 0.6 is 0 Å². The van der Waals surface area contributed by atoms with Crippen molar-refractivity contribution in [1.82, 2.24) is 10.2 Å². The van der Waals surface area contributed by atoms with E-state index in [1.54, 1.807) is 6.20 Å². The lowest BCUT2D eigenvalue weighted by molar-refractivity contribution is -0.115. The van der Waals surface area contributed by atoms with Crippen LogP contribution in [0.3, 0.4) is 0 Å². The van der Waals surface area contributed by atoms with E-state index in [1.165, 1.54) is 0 Å². The Bertz CT molecular complexity index is 321. The summed E-state index contributed by atoms with van der Waals surface area (Å²) in [5.74, 6) is 0.00333. The Morgan fingerprint density at radius 2 is 2.45 bits per heavy atom. The number of aromatic nitrogens is 2. The van der Waals surface area contributed by atoms with Crippen molar-refractivity contribution in [2.24, 2.45) is 0 Å². The third-order valence-corrected chi connectivity index (χ3v) is 1.71. The Kier molecular flexibility index (Phi) is 1.15. The molecule has 1 aliphatic rings. The minimum atomic E-state index is 0.00333. The highest BCUT2D eigenvalue weighted by Crippen LogP contribution is 2.22. The largest absolute Gasteiger partial charge is 0.324 e. The molecule has 1 amide bonds. The van der Waals surface area contributed by atoms with Crippen LogP contribution in [-0.2, 0) is 11.2 Å². The van der Waals surface area contributed by atoms with Gasteiger partial charge in [-0.15, -0.1) is 0 Å². The fourth-order valence-corrected chi connectivity index (χ4v) is 1.16. The number of anilines is 1. The molecule has 11 heavy (non-hydrogen) atoms. The second-order valence-electron chi connectivity index (χ2n) is 2.57. The smallest absolute Gasteiger partial charge is 0.230 e. The monoisotopic (exact) mass is 149 g/mol. The lowest BCUT2D eigenvalue weighted by atomic mass is 10.2.